The van der Waals surface area contributed by atoms with Crippen LogP contribution < -0.4 is 4.74 Å². The minimum absolute atomic E-state index is 0.0213. The van der Waals surface area contributed by atoms with E-state index in [2.05, 4.69) is 11.9 Å². The minimum Gasteiger partial charge on any atom is -0.497 e. The molecule has 0 amide bonds. The van der Waals surface area contributed by atoms with Crippen molar-refractivity contribution in [3.63, 3.8) is 0 Å². The lowest BCUT2D eigenvalue weighted by molar-refractivity contribution is -0.554. The molecule has 0 unspecified atom stereocenters. The van der Waals surface area contributed by atoms with E-state index in [1.54, 1.807) is 6.07 Å². The molecule has 2 aliphatic rings. The van der Waals surface area contributed by atoms with Crippen LogP contribution in [-0.2, 0) is 14.8 Å². The zero-order chi connectivity index (χ0) is 23.4. The smallest absolute Gasteiger partial charge is 0.360 e. The van der Waals surface area contributed by atoms with Crippen molar-refractivity contribution in [1.29, 1.82) is 0 Å². The fourth-order valence-electron chi connectivity index (χ4n) is 4.39. The SMILES string of the molecule is COc1ccc(S(=O)(=O)N(C)CCOCC(O)=[N+]2CCC3(CCN(C)CC3)CC2)c(Cl)c1. The van der Waals surface area contributed by atoms with E-state index >= 15 is 0 Å². The first-order valence-electron chi connectivity index (χ1n) is 11.0. The number of halogens is 1. The van der Waals surface area contributed by atoms with Crippen LogP contribution in [0.15, 0.2) is 23.1 Å². The normalized spacial score (nSPS) is 19.5. The van der Waals surface area contributed by atoms with E-state index in [0.29, 0.717) is 11.2 Å². The summed E-state index contributed by atoms with van der Waals surface area (Å²) in [5.41, 5.74) is 0.421. The highest BCUT2D eigenvalue weighted by Gasteiger charge is 2.39. The molecule has 3 rings (SSSR count). The van der Waals surface area contributed by atoms with Gasteiger partial charge in [-0.1, -0.05) is 11.6 Å². The van der Waals surface area contributed by atoms with Gasteiger partial charge in [-0.25, -0.2) is 13.0 Å². The van der Waals surface area contributed by atoms with Gasteiger partial charge in [-0.05, 0) is 50.5 Å². The number of likely N-dealkylation sites (N-methyl/N-ethyl adjacent to an activating group) is 1. The maximum atomic E-state index is 12.8. The Morgan fingerprint density at radius 1 is 1.25 bits per heavy atom. The van der Waals surface area contributed by atoms with Crippen molar-refractivity contribution in [1.82, 2.24) is 9.21 Å². The van der Waals surface area contributed by atoms with Gasteiger partial charge in [0.05, 0.1) is 18.7 Å². The van der Waals surface area contributed by atoms with Crippen LogP contribution in [0.3, 0.4) is 0 Å². The van der Waals surface area contributed by atoms with Crippen molar-refractivity contribution >= 4 is 27.5 Å². The van der Waals surface area contributed by atoms with Crippen LogP contribution in [0.5, 0.6) is 5.75 Å². The molecule has 1 aromatic rings. The highest BCUT2D eigenvalue weighted by molar-refractivity contribution is 7.89. The molecule has 0 aromatic heterocycles. The molecule has 2 saturated heterocycles. The van der Waals surface area contributed by atoms with Gasteiger partial charge in [0.2, 0.25) is 10.0 Å². The molecule has 1 spiro atoms. The second-order valence-corrected chi connectivity index (χ2v) is 11.3. The summed E-state index contributed by atoms with van der Waals surface area (Å²) in [6.45, 7) is 4.36. The molecular formula is C22H35ClN3O5S+. The Balaban J connectivity index is 1.46. The maximum absolute atomic E-state index is 12.8. The molecule has 8 nitrogen and oxygen atoms in total. The van der Waals surface area contributed by atoms with Crippen molar-refractivity contribution in [3.8, 4) is 5.75 Å². The predicted molar refractivity (Wildman–Crippen MR) is 125 cm³/mol. The number of hydrogen-bond donors (Lipinski definition) is 1. The Morgan fingerprint density at radius 2 is 1.91 bits per heavy atom. The van der Waals surface area contributed by atoms with Crippen LogP contribution in [0, 0.1) is 5.41 Å². The number of sulfonamides is 1. The van der Waals surface area contributed by atoms with E-state index in [9.17, 15) is 13.5 Å². The Morgan fingerprint density at radius 3 is 2.50 bits per heavy atom. The standard InChI is InChI=1S/C22H34ClN3O5S/c1-24-10-6-22(7-11-24)8-12-26(13-9-22)21(27)17-31-15-14-25(2)32(28,29)20-5-4-18(30-3)16-19(20)23/h4-5,16H,6-15,17H2,1-3H3/p+1. The predicted octanol–water partition coefficient (Wildman–Crippen LogP) is 2.46. The maximum Gasteiger partial charge on any atom is 0.360 e. The molecule has 0 bridgehead atoms. The first-order chi connectivity index (χ1) is 15.2. The summed E-state index contributed by atoms with van der Waals surface area (Å²) in [4.78, 5) is 2.41. The molecule has 0 atom stereocenters. The number of aliphatic hydroxyl groups is 1. The van der Waals surface area contributed by atoms with Crippen molar-refractivity contribution in [2.75, 3.05) is 67.1 Å². The van der Waals surface area contributed by atoms with E-state index in [0.717, 1.165) is 39.0 Å². The number of rotatable bonds is 8. The average Bonchev–Trinajstić information content (AvgIpc) is 2.78. The molecule has 0 aliphatic carbocycles. The molecule has 1 N–H and O–H groups in total. The summed E-state index contributed by atoms with van der Waals surface area (Å²) in [6, 6.07) is 4.46. The molecule has 32 heavy (non-hydrogen) atoms. The molecule has 0 saturated carbocycles. The summed E-state index contributed by atoms with van der Waals surface area (Å²) < 4.78 is 39.4. The van der Waals surface area contributed by atoms with Crippen LogP contribution in [0.2, 0.25) is 5.02 Å². The van der Waals surface area contributed by atoms with Crippen molar-refractivity contribution in [3.05, 3.63) is 23.2 Å². The van der Waals surface area contributed by atoms with Gasteiger partial charge < -0.3 is 19.5 Å². The molecule has 0 radical (unpaired) electrons. The summed E-state index contributed by atoms with van der Waals surface area (Å²) in [7, 11) is 1.39. The molecule has 2 heterocycles. The minimum atomic E-state index is -3.75. The largest absolute Gasteiger partial charge is 0.497 e. The number of nitrogens with zero attached hydrogens (tertiary/aromatic N) is 3. The number of ether oxygens (including phenoxy) is 2. The van der Waals surface area contributed by atoms with Crippen LogP contribution in [0.25, 0.3) is 0 Å². The number of piperidine rings is 2. The second-order valence-electron chi connectivity index (χ2n) is 8.88. The lowest BCUT2D eigenvalue weighted by Crippen LogP contribution is -2.45. The Bertz CT molecular complexity index is 917. The molecule has 180 valence electrons. The van der Waals surface area contributed by atoms with Gasteiger partial charge in [-0.15, -0.1) is 0 Å². The molecule has 2 aliphatic heterocycles. The van der Waals surface area contributed by atoms with Crippen molar-refractivity contribution in [2.45, 2.75) is 30.6 Å². The van der Waals surface area contributed by atoms with Crippen molar-refractivity contribution in [2.24, 2.45) is 5.41 Å². The Hall–Kier alpha value is -1.39. The van der Waals surface area contributed by atoms with Gasteiger partial charge in [0.25, 0.3) is 0 Å². The zero-order valence-corrected chi connectivity index (χ0v) is 20.8. The van der Waals surface area contributed by atoms with Crippen LogP contribution in [0.1, 0.15) is 25.7 Å². The Labute approximate surface area is 196 Å². The van der Waals surface area contributed by atoms with Crippen molar-refractivity contribution < 1.29 is 27.6 Å². The van der Waals surface area contributed by atoms with Crippen LogP contribution in [-0.4, -0.2) is 100 Å². The lowest BCUT2D eigenvalue weighted by Gasteiger charge is -2.41. The van der Waals surface area contributed by atoms with Crippen LogP contribution >= 0.6 is 11.6 Å². The molecular weight excluding hydrogens is 454 g/mol. The van der Waals surface area contributed by atoms with E-state index in [1.165, 1.54) is 43.4 Å². The quantitative estimate of drug-likeness (QED) is 0.344. The summed E-state index contributed by atoms with van der Waals surface area (Å²) >= 11 is 6.13. The fourth-order valence-corrected chi connectivity index (χ4v) is 6.04. The van der Waals surface area contributed by atoms with Gasteiger partial charge in [0.15, 0.2) is 6.61 Å². The first kappa shape index (κ1) is 25.2. The van der Waals surface area contributed by atoms with Gasteiger partial charge in [-0.3, -0.25) is 0 Å². The summed E-state index contributed by atoms with van der Waals surface area (Å²) in [6.07, 6.45) is 4.64. The van der Waals surface area contributed by atoms with E-state index in [1.807, 2.05) is 4.58 Å². The van der Waals surface area contributed by atoms with Crippen LogP contribution in [0.4, 0.5) is 0 Å². The zero-order valence-electron chi connectivity index (χ0n) is 19.2. The fraction of sp³-hybridized carbons (Fsp3) is 0.682. The number of benzene rings is 1. The highest BCUT2D eigenvalue weighted by atomic mass is 35.5. The molecule has 1 aromatic carbocycles. The van der Waals surface area contributed by atoms with Gasteiger partial charge in [0.1, 0.15) is 23.7 Å². The number of hydrogen-bond acceptors (Lipinski definition) is 5. The van der Waals surface area contributed by atoms with Gasteiger partial charge in [-0.2, -0.15) is 4.31 Å². The highest BCUT2D eigenvalue weighted by Crippen LogP contribution is 2.40. The van der Waals surface area contributed by atoms with E-state index in [4.69, 9.17) is 21.1 Å². The monoisotopic (exact) mass is 488 g/mol. The second kappa shape index (κ2) is 10.7. The topological polar surface area (TPSA) is 82.3 Å². The molecule has 2 fully saturated rings. The molecule has 10 heteroatoms. The number of likely N-dealkylation sites (tertiary alicyclic amines) is 1. The third-order valence-electron chi connectivity index (χ3n) is 6.85. The first-order valence-corrected chi connectivity index (χ1v) is 12.8. The van der Waals surface area contributed by atoms with E-state index in [-0.39, 0.29) is 35.6 Å². The number of methoxy groups -OCH3 is 1. The average molecular weight is 489 g/mol. The van der Waals surface area contributed by atoms with Gasteiger partial charge in [0, 0.05) is 32.5 Å². The number of aliphatic hydroxyl groups excluding tert-OH is 1. The third kappa shape index (κ3) is 5.94. The summed E-state index contributed by atoms with van der Waals surface area (Å²) in [5.74, 6) is 0.710. The third-order valence-corrected chi connectivity index (χ3v) is 9.19. The van der Waals surface area contributed by atoms with E-state index < -0.39 is 10.0 Å². The van der Waals surface area contributed by atoms with Gasteiger partial charge >= 0.3 is 5.90 Å². The lowest BCUT2D eigenvalue weighted by atomic mass is 9.71. The Kier molecular flexibility index (Phi) is 8.43. The summed E-state index contributed by atoms with van der Waals surface area (Å²) in [5, 5.41) is 10.5.